The van der Waals surface area contributed by atoms with Crippen molar-refractivity contribution in [2.45, 2.75) is 44.2 Å². The first-order valence-corrected chi connectivity index (χ1v) is 11.1. The van der Waals surface area contributed by atoms with Crippen LogP contribution >= 0.6 is 11.8 Å². The number of rotatable bonds is 7. The van der Waals surface area contributed by atoms with Crippen molar-refractivity contribution in [1.82, 2.24) is 19.6 Å². The first kappa shape index (κ1) is 20.7. The first-order chi connectivity index (χ1) is 14.5. The lowest BCUT2D eigenvalue weighted by atomic mass is 9.82. The summed E-state index contributed by atoms with van der Waals surface area (Å²) in [6, 6.07) is 5.81. The minimum Gasteiger partial charge on any atom is -0.493 e. The fourth-order valence-electron chi connectivity index (χ4n) is 3.65. The van der Waals surface area contributed by atoms with Gasteiger partial charge in [0.2, 0.25) is 5.16 Å². The number of Topliss-reactive ketones (excluding diaryl/α,β-unsaturated/α-hetero) is 1. The molecule has 30 heavy (non-hydrogen) atoms. The van der Waals surface area contributed by atoms with Gasteiger partial charge in [0.25, 0.3) is 5.78 Å². The molecular formula is C22H26N4O3S. The summed E-state index contributed by atoms with van der Waals surface area (Å²) < 4.78 is 12.4. The standard InChI is InChI=1S/C22H26N4O3S/c1-13(2)7-8-30-22-24-21-23-17-9-15(10-18(27)16(17)12-26(21)25-22)14-5-6-19(28-3)20(11-14)29-4/h5-6,11-13,15H,7-10H2,1-4H3. The largest absolute Gasteiger partial charge is 0.493 e. The van der Waals surface area contributed by atoms with Crippen molar-refractivity contribution in [2.75, 3.05) is 20.0 Å². The smallest absolute Gasteiger partial charge is 0.253 e. The van der Waals surface area contributed by atoms with Gasteiger partial charge in [0.1, 0.15) is 0 Å². The quantitative estimate of drug-likeness (QED) is 0.524. The van der Waals surface area contributed by atoms with Crippen LogP contribution in [-0.2, 0) is 6.42 Å². The highest BCUT2D eigenvalue weighted by molar-refractivity contribution is 7.99. The Labute approximate surface area is 180 Å². The molecule has 158 valence electrons. The van der Waals surface area contributed by atoms with Gasteiger partial charge in [0.15, 0.2) is 17.3 Å². The van der Waals surface area contributed by atoms with Crippen LogP contribution in [0.4, 0.5) is 0 Å². The van der Waals surface area contributed by atoms with Gasteiger partial charge >= 0.3 is 0 Å². The van der Waals surface area contributed by atoms with Crippen LogP contribution in [0.2, 0.25) is 0 Å². The highest BCUT2D eigenvalue weighted by Gasteiger charge is 2.29. The van der Waals surface area contributed by atoms with Crippen LogP contribution in [0.15, 0.2) is 29.6 Å². The molecule has 2 aromatic heterocycles. The molecule has 0 aliphatic heterocycles. The van der Waals surface area contributed by atoms with Crippen molar-refractivity contribution < 1.29 is 14.3 Å². The van der Waals surface area contributed by atoms with Crippen LogP contribution < -0.4 is 9.47 Å². The lowest BCUT2D eigenvalue weighted by Gasteiger charge is -2.23. The Balaban J connectivity index is 1.60. The molecule has 0 N–H and O–H groups in total. The number of carbonyl (C=O) groups is 1. The van der Waals surface area contributed by atoms with E-state index in [1.165, 1.54) is 0 Å². The minimum absolute atomic E-state index is 0.0440. The average Bonchev–Trinajstić information content (AvgIpc) is 3.13. The van der Waals surface area contributed by atoms with Gasteiger partial charge in [0.05, 0.1) is 25.5 Å². The van der Waals surface area contributed by atoms with E-state index in [0.717, 1.165) is 23.4 Å². The molecule has 0 bridgehead atoms. The van der Waals surface area contributed by atoms with Crippen LogP contribution in [0.5, 0.6) is 11.5 Å². The van der Waals surface area contributed by atoms with Gasteiger partial charge in [-0.25, -0.2) is 9.50 Å². The summed E-state index contributed by atoms with van der Waals surface area (Å²) in [6.07, 6.45) is 4.00. The Kier molecular flexibility index (Phi) is 5.94. The number of benzene rings is 1. The molecule has 8 heteroatoms. The van der Waals surface area contributed by atoms with Crippen LogP contribution in [0.1, 0.15) is 54.2 Å². The van der Waals surface area contributed by atoms with Gasteiger partial charge in [-0.05, 0) is 42.4 Å². The molecule has 1 aliphatic carbocycles. The molecule has 0 radical (unpaired) electrons. The van der Waals surface area contributed by atoms with Crippen LogP contribution in [0.3, 0.4) is 0 Å². The Morgan fingerprint density at radius 3 is 2.70 bits per heavy atom. The van der Waals surface area contributed by atoms with Crippen molar-refractivity contribution in [3.8, 4) is 11.5 Å². The topological polar surface area (TPSA) is 78.6 Å². The van der Waals surface area contributed by atoms with E-state index in [1.807, 2.05) is 18.2 Å². The second-order valence-electron chi connectivity index (χ2n) is 7.91. The van der Waals surface area contributed by atoms with E-state index in [1.54, 1.807) is 36.7 Å². The van der Waals surface area contributed by atoms with Gasteiger partial charge in [-0.2, -0.15) is 4.98 Å². The summed E-state index contributed by atoms with van der Waals surface area (Å²) in [6.45, 7) is 4.40. The van der Waals surface area contributed by atoms with Gasteiger partial charge in [-0.1, -0.05) is 31.7 Å². The highest BCUT2D eigenvalue weighted by atomic mass is 32.2. The molecule has 0 amide bonds. The van der Waals surface area contributed by atoms with E-state index in [2.05, 4.69) is 28.9 Å². The third kappa shape index (κ3) is 4.14. The molecule has 7 nitrogen and oxygen atoms in total. The van der Waals surface area contributed by atoms with Crippen LogP contribution in [-0.4, -0.2) is 45.3 Å². The monoisotopic (exact) mass is 426 g/mol. The van der Waals surface area contributed by atoms with Crippen molar-refractivity contribution in [3.63, 3.8) is 0 Å². The molecule has 1 unspecified atom stereocenters. The van der Waals surface area contributed by atoms with Gasteiger partial charge in [-0.3, -0.25) is 4.79 Å². The zero-order valence-corrected chi connectivity index (χ0v) is 18.5. The van der Waals surface area contributed by atoms with E-state index in [0.29, 0.717) is 46.8 Å². The Hall–Kier alpha value is -2.61. The normalized spacial score (nSPS) is 16.2. The highest BCUT2D eigenvalue weighted by Crippen LogP contribution is 2.36. The Morgan fingerprint density at radius 2 is 1.97 bits per heavy atom. The summed E-state index contributed by atoms with van der Waals surface area (Å²) in [4.78, 5) is 22.1. The number of fused-ring (bicyclic) bond motifs is 2. The second-order valence-corrected chi connectivity index (χ2v) is 8.98. The molecule has 0 saturated heterocycles. The van der Waals surface area contributed by atoms with Gasteiger partial charge in [0, 0.05) is 18.4 Å². The predicted molar refractivity (Wildman–Crippen MR) is 116 cm³/mol. The molecule has 0 saturated carbocycles. The number of nitrogens with zero attached hydrogens (tertiary/aromatic N) is 4. The third-order valence-corrected chi connectivity index (χ3v) is 6.24. The van der Waals surface area contributed by atoms with Crippen molar-refractivity contribution >= 4 is 23.3 Å². The summed E-state index contributed by atoms with van der Waals surface area (Å²) in [5, 5.41) is 5.20. The summed E-state index contributed by atoms with van der Waals surface area (Å²) in [7, 11) is 3.23. The number of thioether (sulfide) groups is 1. The van der Waals surface area contributed by atoms with Gasteiger partial charge in [-0.15, -0.1) is 5.10 Å². The molecule has 3 aromatic rings. The first-order valence-electron chi connectivity index (χ1n) is 10.1. The molecular weight excluding hydrogens is 400 g/mol. The number of carbonyl (C=O) groups excluding carboxylic acids is 1. The van der Waals surface area contributed by atoms with E-state index >= 15 is 0 Å². The number of aromatic nitrogens is 4. The van der Waals surface area contributed by atoms with E-state index in [4.69, 9.17) is 9.47 Å². The van der Waals surface area contributed by atoms with Crippen molar-refractivity contribution in [3.05, 3.63) is 41.2 Å². The van der Waals surface area contributed by atoms with Crippen molar-refractivity contribution in [2.24, 2.45) is 5.92 Å². The number of hydrogen-bond donors (Lipinski definition) is 0. The number of methoxy groups -OCH3 is 2. The average molecular weight is 427 g/mol. The maximum atomic E-state index is 12.9. The molecule has 0 spiro atoms. The number of ether oxygens (including phenoxy) is 2. The molecule has 1 aliphatic rings. The summed E-state index contributed by atoms with van der Waals surface area (Å²) >= 11 is 1.63. The Bertz CT molecular complexity index is 1080. The second kappa shape index (κ2) is 8.63. The molecule has 0 fully saturated rings. The SMILES string of the molecule is COc1ccc(C2CC(=O)c3cn4nc(SCCC(C)C)nc4nc3C2)cc1OC. The fraction of sp³-hybridized carbons (Fsp3) is 0.455. The van der Waals surface area contributed by atoms with E-state index in [-0.39, 0.29) is 11.7 Å². The summed E-state index contributed by atoms with van der Waals surface area (Å²) in [5.74, 6) is 3.62. The lowest BCUT2D eigenvalue weighted by Crippen LogP contribution is -2.21. The van der Waals surface area contributed by atoms with E-state index in [9.17, 15) is 4.79 Å². The zero-order chi connectivity index (χ0) is 21.3. The van der Waals surface area contributed by atoms with Crippen LogP contribution in [0, 0.1) is 5.92 Å². The molecule has 2 heterocycles. The lowest BCUT2D eigenvalue weighted by molar-refractivity contribution is 0.0962. The third-order valence-electron chi connectivity index (χ3n) is 5.37. The Morgan fingerprint density at radius 1 is 1.17 bits per heavy atom. The molecule has 1 atom stereocenters. The zero-order valence-electron chi connectivity index (χ0n) is 17.7. The van der Waals surface area contributed by atoms with Crippen molar-refractivity contribution in [1.29, 1.82) is 0 Å². The maximum Gasteiger partial charge on any atom is 0.253 e. The summed E-state index contributed by atoms with van der Waals surface area (Å²) in [5.41, 5.74) is 2.47. The van der Waals surface area contributed by atoms with Crippen LogP contribution in [0.25, 0.3) is 5.78 Å². The molecule has 1 aromatic carbocycles. The fourth-order valence-corrected chi connectivity index (χ4v) is 4.72. The number of ketones is 1. The predicted octanol–water partition coefficient (Wildman–Crippen LogP) is 4.19. The van der Waals surface area contributed by atoms with Gasteiger partial charge < -0.3 is 9.47 Å². The number of hydrogen-bond acceptors (Lipinski definition) is 7. The molecule has 4 rings (SSSR count). The van der Waals surface area contributed by atoms with E-state index < -0.39 is 0 Å². The minimum atomic E-state index is 0.0440. The maximum absolute atomic E-state index is 12.9.